The number of nitrogens with zero attached hydrogens (tertiary/aromatic N) is 2. The summed E-state index contributed by atoms with van der Waals surface area (Å²) in [6.45, 7) is 4.81. The molecule has 1 heterocycles. The van der Waals surface area contributed by atoms with E-state index in [0.717, 1.165) is 27.3 Å². The second kappa shape index (κ2) is 16.9. The Hall–Kier alpha value is -4.78. The highest BCUT2D eigenvalue weighted by Crippen LogP contribution is 2.22. The Morgan fingerprint density at radius 3 is 2.15 bits per heavy atom. The van der Waals surface area contributed by atoms with Crippen LogP contribution >= 0.6 is 0 Å². The number of aliphatic hydroxyl groups is 1. The minimum Gasteiger partial charge on any atom is -0.492 e. The normalized spacial score (nSPS) is 13.2. The number of ether oxygens (including phenoxy) is 1. The summed E-state index contributed by atoms with van der Waals surface area (Å²) in [4.78, 5) is 31.4. The molecule has 1 aromatic heterocycles. The zero-order valence-corrected chi connectivity index (χ0v) is 28.4. The number of nitrogens with one attached hydrogen (secondary N) is 3. The second-order valence-corrected chi connectivity index (χ2v) is 13.5. The fourth-order valence-electron chi connectivity index (χ4n) is 5.07. The van der Waals surface area contributed by atoms with Crippen LogP contribution in [0.5, 0.6) is 5.75 Å². The van der Waals surface area contributed by atoms with Gasteiger partial charge in [0.15, 0.2) is 0 Å². The van der Waals surface area contributed by atoms with E-state index in [9.17, 15) is 23.1 Å². The van der Waals surface area contributed by atoms with Gasteiger partial charge in [0, 0.05) is 37.5 Å². The molecule has 2 amide bonds. The third-order valence-corrected chi connectivity index (χ3v) is 9.00. The molecule has 4 aromatic rings. The van der Waals surface area contributed by atoms with E-state index in [4.69, 9.17) is 4.74 Å². The van der Waals surface area contributed by atoms with Crippen LogP contribution in [0.3, 0.4) is 0 Å². The van der Waals surface area contributed by atoms with Crippen LogP contribution in [-0.2, 0) is 23.0 Å². The van der Waals surface area contributed by atoms with Gasteiger partial charge in [-0.1, -0.05) is 60.7 Å². The molecule has 0 aliphatic rings. The zero-order valence-electron chi connectivity index (χ0n) is 27.6. The van der Waals surface area contributed by atoms with E-state index in [-0.39, 0.29) is 29.4 Å². The van der Waals surface area contributed by atoms with Crippen molar-refractivity contribution in [2.45, 2.75) is 45.0 Å². The predicted molar refractivity (Wildman–Crippen MR) is 187 cm³/mol. The van der Waals surface area contributed by atoms with E-state index >= 15 is 0 Å². The van der Waals surface area contributed by atoms with E-state index < -0.39 is 34.0 Å². The van der Waals surface area contributed by atoms with Crippen LogP contribution in [-0.4, -0.2) is 68.9 Å². The van der Waals surface area contributed by atoms with Gasteiger partial charge in [-0.2, -0.15) is 0 Å². The second-order valence-electron chi connectivity index (χ2n) is 11.5. The van der Waals surface area contributed by atoms with Gasteiger partial charge in [0.05, 0.1) is 42.9 Å². The lowest BCUT2D eigenvalue weighted by molar-refractivity contribution is 0.0830. The number of sulfonamides is 1. The molecule has 12 heteroatoms. The van der Waals surface area contributed by atoms with Gasteiger partial charge in [-0.05, 0) is 61.2 Å². The Bertz CT molecular complexity index is 1770. The molecule has 11 nitrogen and oxygen atoms in total. The molecule has 4 N–H and O–H groups in total. The molecule has 254 valence electrons. The first kappa shape index (κ1) is 36.1. The van der Waals surface area contributed by atoms with Gasteiger partial charge in [-0.25, -0.2) is 8.42 Å². The minimum atomic E-state index is -3.71. The molecular formula is C36H43N5O6S. The summed E-state index contributed by atoms with van der Waals surface area (Å²) in [6, 6.07) is 23.9. The third kappa shape index (κ3) is 10.4. The van der Waals surface area contributed by atoms with E-state index in [1.165, 1.54) is 25.2 Å². The lowest BCUT2D eigenvalue weighted by Crippen LogP contribution is -2.48. The molecule has 3 atom stereocenters. The van der Waals surface area contributed by atoms with Gasteiger partial charge in [0.2, 0.25) is 10.0 Å². The molecule has 48 heavy (non-hydrogen) atoms. The molecule has 0 aliphatic heterocycles. The fraction of sp³-hybridized carbons (Fsp3) is 0.306. The maximum Gasteiger partial charge on any atom is 0.251 e. The summed E-state index contributed by atoms with van der Waals surface area (Å²) in [5.74, 6) is -0.396. The highest BCUT2D eigenvalue weighted by molar-refractivity contribution is 7.92. The summed E-state index contributed by atoms with van der Waals surface area (Å²) in [7, 11) is -2.36. The molecule has 3 aromatic carbocycles. The number of benzene rings is 3. The summed E-state index contributed by atoms with van der Waals surface area (Å²) in [6.07, 6.45) is 3.70. The van der Waals surface area contributed by atoms with Crippen LogP contribution in [0.4, 0.5) is 5.69 Å². The van der Waals surface area contributed by atoms with Crippen molar-refractivity contribution >= 4 is 27.5 Å². The number of aromatic nitrogens is 1. The van der Waals surface area contributed by atoms with Crippen molar-refractivity contribution in [2.75, 3.05) is 30.8 Å². The zero-order chi connectivity index (χ0) is 34.7. The molecule has 0 fully saturated rings. The topological polar surface area (TPSA) is 150 Å². The summed E-state index contributed by atoms with van der Waals surface area (Å²) in [5, 5.41) is 20.4. The Balaban J connectivity index is 1.57. The van der Waals surface area contributed by atoms with Crippen molar-refractivity contribution in [1.82, 2.24) is 20.9 Å². The number of anilines is 1. The molecule has 0 radical (unpaired) electrons. The Morgan fingerprint density at radius 2 is 1.52 bits per heavy atom. The molecule has 0 saturated heterocycles. The van der Waals surface area contributed by atoms with Gasteiger partial charge < -0.3 is 25.8 Å². The number of amides is 2. The summed E-state index contributed by atoms with van der Waals surface area (Å²) >= 11 is 0. The van der Waals surface area contributed by atoms with Crippen molar-refractivity contribution in [3.05, 3.63) is 125 Å². The first-order chi connectivity index (χ1) is 22.9. The maximum absolute atomic E-state index is 13.8. The molecule has 0 bridgehead atoms. The number of hydrogen-bond donors (Lipinski definition) is 4. The molecule has 0 unspecified atom stereocenters. The Labute approximate surface area is 282 Å². The number of hydrogen-bond acceptors (Lipinski definition) is 8. The smallest absolute Gasteiger partial charge is 0.251 e. The molecule has 0 saturated carbocycles. The van der Waals surface area contributed by atoms with Crippen LogP contribution in [0.1, 0.15) is 57.3 Å². The van der Waals surface area contributed by atoms with Crippen molar-refractivity contribution in [1.29, 1.82) is 0 Å². The quantitative estimate of drug-likeness (QED) is 0.140. The van der Waals surface area contributed by atoms with Crippen LogP contribution in [0.15, 0.2) is 97.3 Å². The average Bonchev–Trinajstić information content (AvgIpc) is 3.08. The number of pyridine rings is 1. The lowest BCUT2D eigenvalue weighted by atomic mass is 10.00. The minimum absolute atomic E-state index is 0.0672. The van der Waals surface area contributed by atoms with Crippen molar-refractivity contribution < 1.29 is 27.9 Å². The van der Waals surface area contributed by atoms with Crippen LogP contribution in [0.25, 0.3) is 0 Å². The van der Waals surface area contributed by atoms with Crippen molar-refractivity contribution in [3.63, 3.8) is 0 Å². The van der Waals surface area contributed by atoms with Crippen molar-refractivity contribution in [3.8, 4) is 5.75 Å². The van der Waals surface area contributed by atoms with Gasteiger partial charge >= 0.3 is 0 Å². The van der Waals surface area contributed by atoms with Crippen molar-refractivity contribution in [2.24, 2.45) is 0 Å². The van der Waals surface area contributed by atoms with E-state index in [1.54, 1.807) is 12.4 Å². The average molecular weight is 674 g/mol. The molecule has 0 aliphatic carbocycles. The molecular weight excluding hydrogens is 630 g/mol. The lowest BCUT2D eigenvalue weighted by Gasteiger charge is -2.25. The maximum atomic E-state index is 13.8. The number of rotatable bonds is 16. The van der Waals surface area contributed by atoms with Gasteiger partial charge in [-0.15, -0.1) is 0 Å². The monoisotopic (exact) mass is 673 g/mol. The number of carbonyl (C=O) groups is 2. The highest BCUT2D eigenvalue weighted by Gasteiger charge is 2.25. The largest absolute Gasteiger partial charge is 0.492 e. The van der Waals surface area contributed by atoms with Crippen LogP contribution in [0.2, 0.25) is 0 Å². The molecule has 0 spiro atoms. The van der Waals surface area contributed by atoms with Crippen LogP contribution < -0.4 is 25.0 Å². The van der Waals surface area contributed by atoms with Gasteiger partial charge in [0.25, 0.3) is 11.8 Å². The van der Waals surface area contributed by atoms with E-state index in [2.05, 4.69) is 20.9 Å². The van der Waals surface area contributed by atoms with E-state index in [1.807, 2.05) is 80.6 Å². The Morgan fingerprint density at radius 1 is 0.896 bits per heavy atom. The highest BCUT2D eigenvalue weighted by atomic mass is 32.2. The Kier molecular flexibility index (Phi) is 12.7. The number of carbonyl (C=O) groups excluding carboxylic acids is 2. The third-order valence-electron chi connectivity index (χ3n) is 7.79. The van der Waals surface area contributed by atoms with Gasteiger partial charge in [-0.3, -0.25) is 18.9 Å². The summed E-state index contributed by atoms with van der Waals surface area (Å²) in [5.41, 5.74) is 2.98. The van der Waals surface area contributed by atoms with E-state index in [0.29, 0.717) is 25.3 Å². The van der Waals surface area contributed by atoms with Gasteiger partial charge in [0.1, 0.15) is 5.75 Å². The number of aliphatic hydroxyl groups excluding tert-OH is 1. The molecule has 4 rings (SSSR count). The fourth-order valence-corrected chi connectivity index (χ4v) is 5.56. The first-order valence-electron chi connectivity index (χ1n) is 15.7. The predicted octanol–water partition coefficient (Wildman–Crippen LogP) is 3.86. The first-order valence-corrected chi connectivity index (χ1v) is 17.5. The SMILES string of the molecule is CCOc1cncc(CNC[C@@H](O)[C@H](Cc2ccccc2)NC(=O)c2cc(C(=O)N[C@H](C)c3ccccc3)cc(N(C)S(C)(=O)=O)c2)c1. The van der Waals surface area contributed by atoms with Crippen LogP contribution in [0, 0.1) is 0 Å². The standard InChI is InChI=1S/C36H43N5O6S/c1-5-47-32-16-27(21-37-23-32)22-38-24-34(42)33(17-26-12-8-6-9-13-26)40-36(44)30-18-29(19-31(20-30)41(3)48(4,45)46)35(43)39-25(2)28-14-10-7-11-15-28/h6-16,18-21,23,25,33-34,38,42H,5,17,22,24H2,1-4H3,(H,39,43)(H,40,44)/t25-,33+,34-/m1/s1. The summed E-state index contributed by atoms with van der Waals surface area (Å²) < 4.78 is 31.4.